The monoisotopic (exact) mass is 276 g/mol. The molecule has 102 valence electrons. The highest BCUT2D eigenvalue weighted by molar-refractivity contribution is 5.47. The average molecular weight is 276 g/mol. The van der Waals surface area contributed by atoms with E-state index in [1.54, 1.807) is 19.1 Å². The number of nitrogens with zero attached hydrogens (tertiary/aromatic N) is 1. The van der Waals surface area contributed by atoms with Crippen LogP contribution in [-0.4, -0.2) is 0 Å². The van der Waals surface area contributed by atoms with Gasteiger partial charge < -0.3 is 5.32 Å². The van der Waals surface area contributed by atoms with Crippen LogP contribution in [0.2, 0.25) is 0 Å². The number of nitrogens with one attached hydrogen (secondary N) is 1. The summed E-state index contributed by atoms with van der Waals surface area (Å²) in [6.45, 7) is 1.59. The Bertz CT molecular complexity index is 647. The molecule has 0 unspecified atom stereocenters. The summed E-state index contributed by atoms with van der Waals surface area (Å²) in [4.78, 5) is 0. The van der Waals surface area contributed by atoms with Gasteiger partial charge >= 0.3 is 0 Å². The van der Waals surface area contributed by atoms with Crippen LogP contribution in [0, 0.1) is 35.7 Å². The van der Waals surface area contributed by atoms with Crippen LogP contribution in [0.5, 0.6) is 0 Å². The van der Waals surface area contributed by atoms with E-state index in [0.29, 0.717) is 11.3 Å². The summed E-state index contributed by atoms with van der Waals surface area (Å²) in [5.74, 6) is -2.03. The molecular weight excluding hydrogens is 265 g/mol. The second-order valence-corrected chi connectivity index (χ2v) is 4.40. The molecule has 1 N–H and O–H groups in total. The zero-order valence-electron chi connectivity index (χ0n) is 10.7. The maximum absolute atomic E-state index is 13.7. The molecule has 5 heteroatoms. The fourth-order valence-electron chi connectivity index (χ4n) is 1.87. The highest BCUT2D eigenvalue weighted by Gasteiger charge is 2.11. The molecule has 0 atom stereocenters. The molecule has 0 fully saturated rings. The number of hydrogen-bond acceptors (Lipinski definition) is 2. The van der Waals surface area contributed by atoms with E-state index in [1.807, 2.05) is 0 Å². The van der Waals surface area contributed by atoms with Crippen LogP contribution in [0.3, 0.4) is 0 Å². The van der Waals surface area contributed by atoms with Gasteiger partial charge in [0.25, 0.3) is 0 Å². The van der Waals surface area contributed by atoms with Crippen molar-refractivity contribution < 1.29 is 13.2 Å². The van der Waals surface area contributed by atoms with Gasteiger partial charge in [0.2, 0.25) is 0 Å². The lowest BCUT2D eigenvalue weighted by molar-refractivity contribution is 0.559. The van der Waals surface area contributed by atoms with Gasteiger partial charge in [0.05, 0.1) is 11.6 Å². The van der Waals surface area contributed by atoms with E-state index in [4.69, 9.17) is 5.26 Å². The summed E-state index contributed by atoms with van der Waals surface area (Å²) in [5.41, 5.74) is 0.871. The minimum atomic E-state index is -0.804. The first-order chi connectivity index (χ1) is 9.49. The summed E-state index contributed by atoms with van der Waals surface area (Å²) < 4.78 is 40.5. The maximum atomic E-state index is 13.7. The van der Waals surface area contributed by atoms with Crippen molar-refractivity contribution >= 4 is 5.69 Å². The SMILES string of the molecule is Cc1cc(F)cc(NCc2c(F)cc(C#N)cc2F)c1. The zero-order valence-corrected chi connectivity index (χ0v) is 10.7. The van der Waals surface area contributed by atoms with Gasteiger partial charge in [0.1, 0.15) is 17.5 Å². The Kier molecular flexibility index (Phi) is 3.94. The Hall–Kier alpha value is -2.48. The van der Waals surface area contributed by atoms with Crippen LogP contribution >= 0.6 is 0 Å². The summed E-state index contributed by atoms with van der Waals surface area (Å²) in [6.07, 6.45) is 0. The second-order valence-electron chi connectivity index (χ2n) is 4.40. The van der Waals surface area contributed by atoms with Crippen molar-refractivity contribution in [3.63, 3.8) is 0 Å². The molecule has 0 amide bonds. The third-order valence-electron chi connectivity index (χ3n) is 2.78. The van der Waals surface area contributed by atoms with Gasteiger partial charge in [-0.3, -0.25) is 0 Å². The van der Waals surface area contributed by atoms with Crippen molar-refractivity contribution in [2.45, 2.75) is 13.5 Å². The molecule has 0 aliphatic rings. The first-order valence-electron chi connectivity index (χ1n) is 5.88. The molecule has 0 radical (unpaired) electrons. The quantitative estimate of drug-likeness (QED) is 0.923. The maximum Gasteiger partial charge on any atom is 0.132 e. The second kappa shape index (κ2) is 5.66. The molecule has 0 aliphatic carbocycles. The van der Waals surface area contributed by atoms with E-state index >= 15 is 0 Å². The first-order valence-corrected chi connectivity index (χ1v) is 5.88. The van der Waals surface area contributed by atoms with Crippen molar-refractivity contribution in [3.8, 4) is 6.07 Å². The Labute approximate surface area is 114 Å². The molecule has 0 spiro atoms. The summed E-state index contributed by atoms with van der Waals surface area (Å²) in [5, 5.41) is 11.4. The smallest absolute Gasteiger partial charge is 0.132 e. The molecule has 0 saturated carbocycles. The third kappa shape index (κ3) is 3.09. The van der Waals surface area contributed by atoms with Crippen LogP contribution in [0.4, 0.5) is 18.9 Å². The summed E-state index contributed by atoms with van der Waals surface area (Å²) >= 11 is 0. The van der Waals surface area contributed by atoms with Crippen LogP contribution in [0.1, 0.15) is 16.7 Å². The van der Waals surface area contributed by atoms with Gasteiger partial charge in [0.15, 0.2) is 0 Å². The van der Waals surface area contributed by atoms with Crippen molar-refractivity contribution in [1.82, 2.24) is 0 Å². The average Bonchev–Trinajstić information content (AvgIpc) is 2.36. The molecular formula is C15H11F3N2. The topological polar surface area (TPSA) is 35.8 Å². The van der Waals surface area contributed by atoms with Crippen LogP contribution in [0.25, 0.3) is 0 Å². The van der Waals surface area contributed by atoms with Crippen LogP contribution in [-0.2, 0) is 6.54 Å². The van der Waals surface area contributed by atoms with Gasteiger partial charge in [-0.25, -0.2) is 13.2 Å². The normalized spacial score (nSPS) is 10.2. The number of nitriles is 1. The Morgan fingerprint density at radius 3 is 2.25 bits per heavy atom. The standard InChI is InChI=1S/C15H11F3N2/c1-9-2-11(16)6-12(3-9)20-8-13-14(17)4-10(7-19)5-15(13)18/h2-6,20H,8H2,1H3. The fraction of sp³-hybridized carbons (Fsp3) is 0.133. The Balaban J connectivity index is 2.21. The van der Waals surface area contributed by atoms with E-state index < -0.39 is 17.5 Å². The molecule has 0 bridgehead atoms. The lowest BCUT2D eigenvalue weighted by Gasteiger charge is -2.10. The predicted octanol–water partition coefficient (Wildman–Crippen LogP) is 3.90. The van der Waals surface area contributed by atoms with Gasteiger partial charge in [-0.05, 0) is 42.8 Å². The van der Waals surface area contributed by atoms with Gasteiger partial charge in [-0.1, -0.05) is 0 Å². The van der Waals surface area contributed by atoms with Gasteiger partial charge in [-0.2, -0.15) is 5.26 Å². The lowest BCUT2D eigenvalue weighted by atomic mass is 10.1. The van der Waals surface area contributed by atoms with E-state index in [-0.39, 0.29) is 17.7 Å². The van der Waals surface area contributed by atoms with Crippen LogP contribution in [0.15, 0.2) is 30.3 Å². The van der Waals surface area contributed by atoms with E-state index in [0.717, 1.165) is 12.1 Å². The molecule has 0 aliphatic heterocycles. The molecule has 0 saturated heterocycles. The Morgan fingerprint density at radius 1 is 1.05 bits per heavy atom. The van der Waals surface area contributed by atoms with Crippen molar-refractivity contribution in [2.24, 2.45) is 0 Å². The zero-order chi connectivity index (χ0) is 14.7. The molecule has 2 nitrogen and oxygen atoms in total. The number of halogens is 3. The first kappa shape index (κ1) is 13.9. The highest BCUT2D eigenvalue weighted by atomic mass is 19.1. The summed E-state index contributed by atoms with van der Waals surface area (Å²) in [6, 6.07) is 7.88. The number of aryl methyl sites for hydroxylation is 1. The van der Waals surface area contributed by atoms with Crippen molar-refractivity contribution in [3.05, 3.63) is 64.5 Å². The number of anilines is 1. The number of benzene rings is 2. The number of hydrogen-bond donors (Lipinski definition) is 1. The van der Waals surface area contributed by atoms with Crippen molar-refractivity contribution in [2.75, 3.05) is 5.32 Å². The molecule has 20 heavy (non-hydrogen) atoms. The van der Waals surface area contributed by atoms with E-state index in [1.165, 1.54) is 12.1 Å². The fourth-order valence-corrected chi connectivity index (χ4v) is 1.87. The van der Waals surface area contributed by atoms with Gasteiger partial charge in [-0.15, -0.1) is 0 Å². The van der Waals surface area contributed by atoms with E-state index in [2.05, 4.69) is 5.32 Å². The molecule has 2 aromatic rings. The summed E-state index contributed by atoms with van der Waals surface area (Å²) in [7, 11) is 0. The molecule has 0 heterocycles. The predicted molar refractivity (Wildman–Crippen MR) is 69.5 cm³/mol. The van der Waals surface area contributed by atoms with Crippen molar-refractivity contribution in [1.29, 1.82) is 5.26 Å². The number of rotatable bonds is 3. The van der Waals surface area contributed by atoms with E-state index in [9.17, 15) is 13.2 Å². The van der Waals surface area contributed by atoms with Crippen LogP contribution < -0.4 is 5.32 Å². The third-order valence-corrected chi connectivity index (χ3v) is 2.78. The molecule has 2 rings (SSSR count). The lowest BCUT2D eigenvalue weighted by Crippen LogP contribution is -2.05. The highest BCUT2D eigenvalue weighted by Crippen LogP contribution is 2.18. The Morgan fingerprint density at radius 2 is 1.70 bits per heavy atom. The molecule has 2 aromatic carbocycles. The molecule has 0 aromatic heterocycles. The van der Waals surface area contributed by atoms with Gasteiger partial charge in [0, 0.05) is 17.8 Å². The minimum absolute atomic E-state index is 0.0784. The minimum Gasteiger partial charge on any atom is -0.381 e. The largest absolute Gasteiger partial charge is 0.381 e.